The fraction of sp³-hybridized carbons (Fsp3) is 0.357. The lowest BCUT2D eigenvalue weighted by Crippen LogP contribution is -2.10. The molecule has 102 valence electrons. The predicted octanol–water partition coefficient (Wildman–Crippen LogP) is 1.83. The Morgan fingerprint density at radius 1 is 1.21 bits per heavy atom. The van der Waals surface area contributed by atoms with Crippen molar-refractivity contribution >= 4 is 0 Å². The van der Waals surface area contributed by atoms with Gasteiger partial charge in [-0.05, 0) is 24.6 Å². The standard InChI is InChI=1S/C14H19N3O2/c1-10-6-14(19-3)11(7-13(10)18-2)12-8-16-9-17(12)5-4-15/h6-9H,4-5,15H2,1-3H3. The molecule has 2 rings (SSSR count). The molecule has 0 bridgehead atoms. The summed E-state index contributed by atoms with van der Waals surface area (Å²) in [6.07, 6.45) is 3.58. The van der Waals surface area contributed by atoms with Crippen LogP contribution in [-0.2, 0) is 6.54 Å². The Bertz CT molecular complexity index is 564. The van der Waals surface area contributed by atoms with Crippen LogP contribution >= 0.6 is 0 Å². The first-order chi connectivity index (χ1) is 9.21. The highest BCUT2D eigenvalue weighted by Gasteiger charge is 2.14. The van der Waals surface area contributed by atoms with Crippen LogP contribution < -0.4 is 15.2 Å². The SMILES string of the molecule is COc1cc(-c2cncn2CCN)c(OC)cc1C. The van der Waals surface area contributed by atoms with E-state index in [0.717, 1.165) is 28.3 Å². The third-order valence-electron chi connectivity index (χ3n) is 3.08. The predicted molar refractivity (Wildman–Crippen MR) is 74.6 cm³/mol. The second kappa shape index (κ2) is 5.75. The minimum atomic E-state index is 0.564. The maximum absolute atomic E-state index is 5.61. The molecule has 1 aromatic carbocycles. The number of aromatic nitrogens is 2. The molecule has 0 aliphatic heterocycles. The fourth-order valence-electron chi connectivity index (χ4n) is 2.11. The van der Waals surface area contributed by atoms with Crippen LogP contribution in [0.5, 0.6) is 11.5 Å². The van der Waals surface area contributed by atoms with E-state index in [1.807, 2.05) is 29.8 Å². The molecule has 0 unspecified atom stereocenters. The van der Waals surface area contributed by atoms with Crippen molar-refractivity contribution in [3.63, 3.8) is 0 Å². The largest absolute Gasteiger partial charge is 0.496 e. The van der Waals surface area contributed by atoms with Gasteiger partial charge in [0.15, 0.2) is 0 Å². The number of ether oxygens (including phenoxy) is 2. The molecule has 19 heavy (non-hydrogen) atoms. The maximum atomic E-state index is 5.61. The van der Waals surface area contributed by atoms with Crippen molar-refractivity contribution in [3.05, 3.63) is 30.2 Å². The van der Waals surface area contributed by atoms with Gasteiger partial charge in [-0.2, -0.15) is 0 Å². The summed E-state index contributed by atoms with van der Waals surface area (Å²) in [6.45, 7) is 3.27. The molecule has 0 fully saturated rings. The Morgan fingerprint density at radius 3 is 2.58 bits per heavy atom. The summed E-state index contributed by atoms with van der Waals surface area (Å²) in [4.78, 5) is 4.18. The van der Waals surface area contributed by atoms with Crippen molar-refractivity contribution in [2.24, 2.45) is 5.73 Å². The second-order valence-electron chi connectivity index (χ2n) is 4.28. The van der Waals surface area contributed by atoms with E-state index >= 15 is 0 Å². The van der Waals surface area contributed by atoms with E-state index in [4.69, 9.17) is 15.2 Å². The van der Waals surface area contributed by atoms with E-state index in [0.29, 0.717) is 13.1 Å². The minimum absolute atomic E-state index is 0.564. The van der Waals surface area contributed by atoms with Gasteiger partial charge < -0.3 is 19.8 Å². The smallest absolute Gasteiger partial charge is 0.128 e. The van der Waals surface area contributed by atoms with Gasteiger partial charge >= 0.3 is 0 Å². The van der Waals surface area contributed by atoms with E-state index in [1.165, 1.54) is 0 Å². The molecule has 1 aromatic heterocycles. The molecular formula is C14H19N3O2. The number of methoxy groups -OCH3 is 2. The van der Waals surface area contributed by atoms with Crippen molar-refractivity contribution < 1.29 is 9.47 Å². The first-order valence-corrected chi connectivity index (χ1v) is 6.14. The first kappa shape index (κ1) is 13.4. The highest BCUT2D eigenvalue weighted by Crippen LogP contribution is 2.35. The third kappa shape index (κ3) is 2.56. The van der Waals surface area contributed by atoms with Crippen LogP contribution in [-0.4, -0.2) is 30.3 Å². The molecule has 5 nitrogen and oxygen atoms in total. The van der Waals surface area contributed by atoms with Gasteiger partial charge in [0.25, 0.3) is 0 Å². The van der Waals surface area contributed by atoms with Gasteiger partial charge in [0.1, 0.15) is 11.5 Å². The van der Waals surface area contributed by atoms with Gasteiger partial charge in [0.2, 0.25) is 0 Å². The van der Waals surface area contributed by atoms with Gasteiger partial charge in [0, 0.05) is 18.7 Å². The van der Waals surface area contributed by atoms with E-state index in [9.17, 15) is 0 Å². The Hall–Kier alpha value is -2.01. The number of hydrogen-bond donors (Lipinski definition) is 1. The molecular weight excluding hydrogens is 242 g/mol. The fourth-order valence-corrected chi connectivity index (χ4v) is 2.11. The quantitative estimate of drug-likeness (QED) is 0.892. The molecule has 0 saturated carbocycles. The average Bonchev–Trinajstić information content (AvgIpc) is 2.87. The van der Waals surface area contributed by atoms with E-state index < -0.39 is 0 Å². The first-order valence-electron chi connectivity index (χ1n) is 6.14. The molecule has 0 amide bonds. The molecule has 2 N–H and O–H groups in total. The number of imidazole rings is 1. The summed E-state index contributed by atoms with van der Waals surface area (Å²) in [7, 11) is 3.32. The Kier molecular flexibility index (Phi) is 4.06. The topological polar surface area (TPSA) is 62.3 Å². The zero-order valence-corrected chi connectivity index (χ0v) is 11.5. The van der Waals surface area contributed by atoms with Crippen LogP contribution in [0.1, 0.15) is 5.56 Å². The van der Waals surface area contributed by atoms with Crippen LogP contribution in [0.25, 0.3) is 11.3 Å². The van der Waals surface area contributed by atoms with Gasteiger partial charge in [0.05, 0.1) is 32.4 Å². The number of nitrogens with zero attached hydrogens (tertiary/aromatic N) is 2. The number of benzene rings is 1. The van der Waals surface area contributed by atoms with Crippen LogP contribution in [0.3, 0.4) is 0 Å². The molecule has 0 aliphatic rings. The molecule has 2 aromatic rings. The minimum Gasteiger partial charge on any atom is -0.496 e. The van der Waals surface area contributed by atoms with Gasteiger partial charge in [-0.3, -0.25) is 0 Å². The van der Waals surface area contributed by atoms with E-state index in [1.54, 1.807) is 20.5 Å². The summed E-state index contributed by atoms with van der Waals surface area (Å²) < 4.78 is 12.8. The van der Waals surface area contributed by atoms with Crippen molar-refractivity contribution in [3.8, 4) is 22.8 Å². The highest BCUT2D eigenvalue weighted by atomic mass is 16.5. The van der Waals surface area contributed by atoms with E-state index in [2.05, 4.69) is 4.98 Å². The Labute approximate surface area is 113 Å². The Balaban J connectivity index is 2.56. The third-order valence-corrected chi connectivity index (χ3v) is 3.08. The van der Waals surface area contributed by atoms with Crippen molar-refractivity contribution in [2.75, 3.05) is 20.8 Å². The lowest BCUT2D eigenvalue weighted by Gasteiger charge is -2.14. The lowest BCUT2D eigenvalue weighted by molar-refractivity contribution is 0.401. The summed E-state index contributed by atoms with van der Waals surface area (Å²) >= 11 is 0. The van der Waals surface area contributed by atoms with Crippen LogP contribution in [0.4, 0.5) is 0 Å². The summed E-state index contributed by atoms with van der Waals surface area (Å²) in [5.74, 6) is 1.63. The number of rotatable bonds is 5. The monoisotopic (exact) mass is 261 g/mol. The number of hydrogen-bond acceptors (Lipinski definition) is 4. The number of aryl methyl sites for hydroxylation is 1. The van der Waals surface area contributed by atoms with Crippen molar-refractivity contribution in [1.29, 1.82) is 0 Å². The van der Waals surface area contributed by atoms with E-state index in [-0.39, 0.29) is 0 Å². The number of nitrogens with two attached hydrogens (primary N) is 1. The van der Waals surface area contributed by atoms with Gasteiger partial charge in [-0.15, -0.1) is 0 Å². The second-order valence-corrected chi connectivity index (χ2v) is 4.28. The van der Waals surface area contributed by atoms with Crippen molar-refractivity contribution in [1.82, 2.24) is 9.55 Å². The van der Waals surface area contributed by atoms with Gasteiger partial charge in [-0.1, -0.05) is 0 Å². The molecule has 0 spiro atoms. The van der Waals surface area contributed by atoms with Crippen LogP contribution in [0.2, 0.25) is 0 Å². The van der Waals surface area contributed by atoms with Gasteiger partial charge in [-0.25, -0.2) is 4.98 Å². The highest BCUT2D eigenvalue weighted by molar-refractivity contribution is 5.70. The zero-order chi connectivity index (χ0) is 13.8. The molecule has 1 heterocycles. The summed E-state index contributed by atoms with van der Waals surface area (Å²) in [5, 5.41) is 0. The molecule has 0 aliphatic carbocycles. The summed E-state index contributed by atoms with van der Waals surface area (Å²) in [5.41, 5.74) is 8.58. The molecule has 0 atom stereocenters. The van der Waals surface area contributed by atoms with Crippen molar-refractivity contribution in [2.45, 2.75) is 13.5 Å². The summed E-state index contributed by atoms with van der Waals surface area (Å²) in [6, 6.07) is 3.94. The van der Waals surface area contributed by atoms with Crippen LogP contribution in [0, 0.1) is 6.92 Å². The normalized spacial score (nSPS) is 10.5. The average molecular weight is 261 g/mol. The molecule has 0 radical (unpaired) electrons. The maximum Gasteiger partial charge on any atom is 0.128 e. The zero-order valence-electron chi connectivity index (χ0n) is 11.5. The molecule has 5 heteroatoms. The Morgan fingerprint density at radius 2 is 1.95 bits per heavy atom. The lowest BCUT2D eigenvalue weighted by atomic mass is 10.1. The molecule has 0 saturated heterocycles. The van der Waals surface area contributed by atoms with Crippen LogP contribution in [0.15, 0.2) is 24.7 Å².